The van der Waals surface area contributed by atoms with Crippen molar-refractivity contribution in [2.45, 2.75) is 168 Å². The number of halogens is 1. The Morgan fingerprint density at radius 3 is 1.10 bits per heavy atom. The second-order valence-electron chi connectivity index (χ2n) is 9.24. The molecular formula is C27H58BrN. The Balaban J connectivity index is 0. The smallest absolute Gasteiger partial charge is 0.00670 e. The predicted octanol–water partition coefficient (Wildman–Crippen LogP) is 10.2. The van der Waals surface area contributed by atoms with Gasteiger partial charge in [-0.3, -0.25) is 0 Å². The second-order valence-corrected chi connectivity index (χ2v) is 9.24. The maximum absolute atomic E-state index is 3.91. The first kappa shape index (κ1) is 31.6. The molecule has 0 aliphatic carbocycles. The Hall–Kier alpha value is 0.440. The van der Waals surface area contributed by atoms with Crippen LogP contribution in [0, 0.1) is 0 Å². The van der Waals surface area contributed by atoms with Crippen molar-refractivity contribution in [3.8, 4) is 0 Å². The fraction of sp³-hybridized carbons (Fsp3) is 1.00. The normalized spacial score (nSPS) is 11.2. The molecule has 29 heavy (non-hydrogen) atoms. The van der Waals surface area contributed by atoms with E-state index in [4.69, 9.17) is 0 Å². The summed E-state index contributed by atoms with van der Waals surface area (Å²) in [6.07, 6.45) is 31.4. The number of rotatable bonds is 24. The van der Waals surface area contributed by atoms with Crippen molar-refractivity contribution in [2.24, 2.45) is 0 Å². The molecular weight excluding hydrogens is 418 g/mol. The second kappa shape index (κ2) is 28.4. The quantitative estimate of drug-likeness (QED) is 0.137. The van der Waals surface area contributed by atoms with E-state index in [-0.39, 0.29) is 17.0 Å². The summed E-state index contributed by atoms with van der Waals surface area (Å²) in [6, 6.07) is 0.793. The number of nitrogens with one attached hydrogen (secondary N) is 1. The van der Waals surface area contributed by atoms with Gasteiger partial charge in [0.2, 0.25) is 0 Å². The molecule has 0 saturated carbocycles. The lowest BCUT2D eigenvalue weighted by Gasteiger charge is -2.19. The Kier molecular flexibility index (Phi) is 31.0. The van der Waals surface area contributed by atoms with Gasteiger partial charge in [0.05, 0.1) is 0 Å². The minimum atomic E-state index is 0. The van der Waals surface area contributed by atoms with E-state index in [1.807, 2.05) is 0 Å². The highest BCUT2D eigenvalue weighted by Gasteiger charge is 2.07. The van der Waals surface area contributed by atoms with Gasteiger partial charge in [0.15, 0.2) is 0 Å². The molecule has 0 fully saturated rings. The SMILES string of the molecule is Br.CCCCCCCCCCCCCCNC(CCCCCC)CCCCCC. The number of unbranched alkanes of at least 4 members (excludes halogenated alkanes) is 17. The van der Waals surface area contributed by atoms with Gasteiger partial charge in [0.1, 0.15) is 0 Å². The summed E-state index contributed by atoms with van der Waals surface area (Å²) in [5.41, 5.74) is 0. The monoisotopic (exact) mass is 475 g/mol. The summed E-state index contributed by atoms with van der Waals surface area (Å²) in [5.74, 6) is 0. The zero-order chi connectivity index (χ0) is 20.5. The molecule has 0 heterocycles. The molecule has 0 radical (unpaired) electrons. The maximum Gasteiger partial charge on any atom is 0.00670 e. The number of hydrogen-bond acceptors (Lipinski definition) is 1. The van der Waals surface area contributed by atoms with Gasteiger partial charge in [-0.25, -0.2) is 0 Å². The minimum absolute atomic E-state index is 0. The molecule has 0 rings (SSSR count). The minimum Gasteiger partial charge on any atom is -0.314 e. The van der Waals surface area contributed by atoms with E-state index in [0.717, 1.165) is 6.04 Å². The largest absolute Gasteiger partial charge is 0.314 e. The highest BCUT2D eigenvalue weighted by Crippen LogP contribution is 2.14. The number of hydrogen-bond donors (Lipinski definition) is 1. The molecule has 2 heteroatoms. The fourth-order valence-corrected chi connectivity index (χ4v) is 4.26. The molecule has 0 spiro atoms. The predicted molar refractivity (Wildman–Crippen MR) is 141 cm³/mol. The Morgan fingerprint density at radius 2 is 0.724 bits per heavy atom. The third-order valence-corrected chi connectivity index (χ3v) is 6.28. The van der Waals surface area contributed by atoms with Crippen LogP contribution in [0.15, 0.2) is 0 Å². The molecule has 0 aliphatic rings. The van der Waals surface area contributed by atoms with E-state index in [2.05, 4.69) is 26.1 Å². The van der Waals surface area contributed by atoms with Gasteiger partial charge in [-0.15, -0.1) is 17.0 Å². The average Bonchev–Trinajstić information content (AvgIpc) is 2.71. The van der Waals surface area contributed by atoms with Crippen LogP contribution in [0.5, 0.6) is 0 Å². The zero-order valence-corrected chi connectivity index (χ0v) is 22.5. The summed E-state index contributed by atoms with van der Waals surface area (Å²) < 4.78 is 0. The lowest BCUT2D eigenvalue weighted by Crippen LogP contribution is -2.30. The average molecular weight is 477 g/mol. The third-order valence-electron chi connectivity index (χ3n) is 6.28. The fourth-order valence-electron chi connectivity index (χ4n) is 4.26. The third kappa shape index (κ3) is 26.4. The van der Waals surface area contributed by atoms with Crippen LogP contribution in [0.3, 0.4) is 0 Å². The topological polar surface area (TPSA) is 12.0 Å². The van der Waals surface area contributed by atoms with Gasteiger partial charge < -0.3 is 5.32 Å². The van der Waals surface area contributed by atoms with Crippen LogP contribution in [-0.2, 0) is 0 Å². The van der Waals surface area contributed by atoms with Gasteiger partial charge in [0, 0.05) is 6.04 Å². The Morgan fingerprint density at radius 1 is 0.414 bits per heavy atom. The van der Waals surface area contributed by atoms with Crippen molar-refractivity contribution >= 4 is 17.0 Å². The van der Waals surface area contributed by atoms with E-state index in [1.165, 1.54) is 148 Å². The van der Waals surface area contributed by atoms with Crippen LogP contribution in [0.2, 0.25) is 0 Å². The van der Waals surface area contributed by atoms with Crippen LogP contribution in [0.1, 0.15) is 162 Å². The molecule has 0 bridgehead atoms. The van der Waals surface area contributed by atoms with Crippen LogP contribution in [-0.4, -0.2) is 12.6 Å². The highest BCUT2D eigenvalue weighted by atomic mass is 79.9. The van der Waals surface area contributed by atoms with Crippen molar-refractivity contribution in [1.82, 2.24) is 5.32 Å². The molecule has 0 aromatic carbocycles. The molecule has 1 N–H and O–H groups in total. The van der Waals surface area contributed by atoms with Crippen LogP contribution in [0.4, 0.5) is 0 Å². The van der Waals surface area contributed by atoms with Crippen LogP contribution in [0.25, 0.3) is 0 Å². The molecule has 0 atom stereocenters. The van der Waals surface area contributed by atoms with Crippen molar-refractivity contribution in [2.75, 3.05) is 6.54 Å². The van der Waals surface area contributed by atoms with Gasteiger partial charge in [-0.1, -0.05) is 143 Å². The lowest BCUT2D eigenvalue weighted by molar-refractivity contribution is 0.408. The van der Waals surface area contributed by atoms with E-state index >= 15 is 0 Å². The molecule has 0 amide bonds. The Labute approximate surface area is 196 Å². The standard InChI is InChI=1S/C27H57N.BrH/c1-4-7-10-13-14-15-16-17-18-19-20-23-26-28-27(24-21-11-8-5-2)25-22-12-9-6-3;/h27-28H,4-26H2,1-3H3;1H. The van der Waals surface area contributed by atoms with Crippen LogP contribution < -0.4 is 5.32 Å². The van der Waals surface area contributed by atoms with Crippen molar-refractivity contribution in [3.63, 3.8) is 0 Å². The van der Waals surface area contributed by atoms with E-state index in [9.17, 15) is 0 Å². The zero-order valence-electron chi connectivity index (χ0n) is 20.7. The first-order valence-electron chi connectivity index (χ1n) is 13.6. The van der Waals surface area contributed by atoms with E-state index in [1.54, 1.807) is 0 Å². The molecule has 0 aliphatic heterocycles. The first-order valence-corrected chi connectivity index (χ1v) is 13.6. The van der Waals surface area contributed by atoms with Crippen molar-refractivity contribution < 1.29 is 0 Å². The van der Waals surface area contributed by atoms with Gasteiger partial charge >= 0.3 is 0 Å². The molecule has 0 aromatic heterocycles. The molecule has 0 unspecified atom stereocenters. The van der Waals surface area contributed by atoms with Gasteiger partial charge in [-0.2, -0.15) is 0 Å². The van der Waals surface area contributed by atoms with E-state index in [0.29, 0.717) is 0 Å². The molecule has 0 saturated heterocycles. The first-order chi connectivity index (χ1) is 13.8. The summed E-state index contributed by atoms with van der Waals surface area (Å²) >= 11 is 0. The van der Waals surface area contributed by atoms with Crippen LogP contribution >= 0.6 is 17.0 Å². The van der Waals surface area contributed by atoms with Gasteiger partial charge in [-0.05, 0) is 25.8 Å². The van der Waals surface area contributed by atoms with Gasteiger partial charge in [0.25, 0.3) is 0 Å². The lowest BCUT2D eigenvalue weighted by atomic mass is 10.0. The summed E-state index contributed by atoms with van der Waals surface area (Å²) in [5, 5.41) is 3.91. The molecule has 1 nitrogen and oxygen atoms in total. The maximum atomic E-state index is 3.91. The molecule has 178 valence electrons. The molecule has 0 aromatic rings. The Bertz CT molecular complexity index is 257. The highest BCUT2D eigenvalue weighted by molar-refractivity contribution is 8.93. The van der Waals surface area contributed by atoms with Crippen molar-refractivity contribution in [3.05, 3.63) is 0 Å². The van der Waals surface area contributed by atoms with Crippen molar-refractivity contribution in [1.29, 1.82) is 0 Å². The van der Waals surface area contributed by atoms with E-state index < -0.39 is 0 Å². The summed E-state index contributed by atoms with van der Waals surface area (Å²) in [6.45, 7) is 8.18. The summed E-state index contributed by atoms with van der Waals surface area (Å²) in [7, 11) is 0. The summed E-state index contributed by atoms with van der Waals surface area (Å²) in [4.78, 5) is 0.